The predicted molar refractivity (Wildman–Crippen MR) is 125 cm³/mol. The Morgan fingerprint density at radius 3 is 2.45 bits per heavy atom. The van der Waals surface area contributed by atoms with Gasteiger partial charge < -0.3 is 26.2 Å². The number of hydrogen-bond donors (Lipinski definition) is 5. The normalized spacial score (nSPS) is 32.2. The number of rotatable bonds is 4. The molecule has 180 valence electrons. The van der Waals surface area contributed by atoms with Gasteiger partial charge in [0, 0.05) is 11.5 Å². The summed E-state index contributed by atoms with van der Waals surface area (Å²) in [6, 6.07) is 3.29. The topological polar surface area (TPSA) is 158 Å². The highest BCUT2D eigenvalue weighted by Crippen LogP contribution is 2.52. The van der Waals surface area contributed by atoms with E-state index in [1.807, 2.05) is 6.07 Å². The summed E-state index contributed by atoms with van der Waals surface area (Å²) in [5.41, 5.74) is 4.47. The third-order valence-electron chi connectivity index (χ3n) is 7.35. The van der Waals surface area contributed by atoms with Crippen LogP contribution in [-0.4, -0.2) is 74.1 Å². The number of carbonyl (C=O) groups is 3. The number of phenolic OH excluding ortho intramolecular Hbond substituents is 1. The maximum absolute atomic E-state index is 13.5. The molecule has 9 heteroatoms. The fourth-order valence-corrected chi connectivity index (χ4v) is 6.47. The third kappa shape index (κ3) is 3.66. The van der Waals surface area contributed by atoms with Crippen molar-refractivity contribution in [1.29, 1.82) is 0 Å². The Kier molecular flexibility index (Phi) is 5.66. The number of phenols is 1. The van der Waals surface area contributed by atoms with Crippen LogP contribution in [-0.2, 0) is 22.4 Å². The molecule has 6 N–H and O–H groups in total. The van der Waals surface area contributed by atoms with E-state index in [0.717, 1.165) is 23.3 Å². The van der Waals surface area contributed by atoms with Crippen molar-refractivity contribution in [2.24, 2.45) is 23.5 Å². The van der Waals surface area contributed by atoms with Crippen molar-refractivity contribution in [3.05, 3.63) is 40.2 Å². The Bertz CT molecular complexity index is 1090. The van der Waals surface area contributed by atoms with Gasteiger partial charge >= 0.3 is 0 Å². The summed E-state index contributed by atoms with van der Waals surface area (Å²) < 4.78 is 0. The van der Waals surface area contributed by atoms with Gasteiger partial charge in [-0.15, -0.1) is 0 Å². The zero-order valence-corrected chi connectivity index (χ0v) is 19.8. The van der Waals surface area contributed by atoms with Gasteiger partial charge in [-0.3, -0.25) is 14.4 Å². The first kappa shape index (κ1) is 23.8. The minimum atomic E-state index is -2.47. The van der Waals surface area contributed by atoms with E-state index in [0.29, 0.717) is 6.42 Å². The number of ketones is 2. The SMILES string of the molecule is CS(C)(C)CCc1ccc(O)c2c1C[C@H]1C[C@H]3CC(O)C(C(N)=O)C(=O)[C@@]3(O)C(O)=C1C2=O. The highest BCUT2D eigenvalue weighted by atomic mass is 32.3. The molecule has 1 amide bonds. The molecule has 0 aliphatic heterocycles. The van der Waals surface area contributed by atoms with Crippen LogP contribution < -0.4 is 5.73 Å². The molecule has 0 heterocycles. The molecule has 3 aliphatic carbocycles. The molecular weight excluding hydrogens is 446 g/mol. The second-order valence-electron chi connectivity index (χ2n) is 10.4. The van der Waals surface area contributed by atoms with E-state index in [4.69, 9.17) is 5.73 Å². The molecule has 0 spiro atoms. The molecular formula is C24H31NO7S. The number of nitrogens with two attached hydrogens (primary N) is 1. The number of benzene rings is 1. The monoisotopic (exact) mass is 477 g/mol. The molecule has 1 fully saturated rings. The van der Waals surface area contributed by atoms with E-state index in [2.05, 4.69) is 18.8 Å². The molecule has 0 bridgehead atoms. The molecule has 1 aromatic carbocycles. The number of fused-ring (bicyclic) bond motifs is 3. The third-order valence-corrected chi connectivity index (χ3v) is 8.78. The number of aryl methyl sites for hydroxylation is 1. The maximum Gasteiger partial charge on any atom is 0.230 e. The van der Waals surface area contributed by atoms with Crippen LogP contribution in [0.4, 0.5) is 0 Å². The number of aromatic hydroxyl groups is 1. The van der Waals surface area contributed by atoms with E-state index in [1.165, 1.54) is 6.07 Å². The van der Waals surface area contributed by atoms with Crippen LogP contribution in [0.2, 0.25) is 0 Å². The van der Waals surface area contributed by atoms with Crippen molar-refractivity contribution in [3.8, 4) is 5.75 Å². The van der Waals surface area contributed by atoms with Crippen LogP contribution in [0.15, 0.2) is 23.5 Å². The highest BCUT2D eigenvalue weighted by Gasteiger charge is 2.62. The van der Waals surface area contributed by atoms with Gasteiger partial charge in [0.25, 0.3) is 0 Å². The summed E-state index contributed by atoms with van der Waals surface area (Å²) in [5.74, 6) is -5.87. The fourth-order valence-electron chi connectivity index (χ4n) is 5.64. The Hall–Kier alpha value is -2.36. The summed E-state index contributed by atoms with van der Waals surface area (Å²) >= 11 is 0. The van der Waals surface area contributed by atoms with Crippen LogP contribution in [0.1, 0.15) is 34.3 Å². The van der Waals surface area contributed by atoms with Gasteiger partial charge in [0.1, 0.15) is 17.4 Å². The van der Waals surface area contributed by atoms with Crippen molar-refractivity contribution < 1.29 is 34.8 Å². The minimum Gasteiger partial charge on any atom is -0.508 e. The average molecular weight is 478 g/mol. The zero-order valence-electron chi connectivity index (χ0n) is 19.0. The Labute approximate surface area is 193 Å². The number of aliphatic hydroxyl groups excluding tert-OH is 2. The van der Waals surface area contributed by atoms with Crippen molar-refractivity contribution in [3.63, 3.8) is 0 Å². The Balaban J connectivity index is 1.81. The number of allylic oxidation sites excluding steroid dienone is 1. The number of primary amides is 1. The van der Waals surface area contributed by atoms with Gasteiger partial charge in [-0.25, -0.2) is 10.0 Å². The lowest BCUT2D eigenvalue weighted by atomic mass is 9.57. The molecule has 2 unspecified atom stereocenters. The Morgan fingerprint density at radius 2 is 1.85 bits per heavy atom. The lowest BCUT2D eigenvalue weighted by Crippen LogP contribution is -2.63. The summed E-state index contributed by atoms with van der Waals surface area (Å²) in [4.78, 5) is 38.3. The lowest BCUT2D eigenvalue weighted by Gasteiger charge is -2.48. The molecule has 0 saturated heterocycles. The molecule has 33 heavy (non-hydrogen) atoms. The minimum absolute atomic E-state index is 0.0889. The molecule has 3 aliphatic rings. The molecule has 4 rings (SSSR count). The van der Waals surface area contributed by atoms with E-state index in [1.54, 1.807) is 0 Å². The average Bonchev–Trinajstić information content (AvgIpc) is 2.69. The predicted octanol–water partition coefficient (Wildman–Crippen LogP) is 0.982. The largest absolute Gasteiger partial charge is 0.508 e. The van der Waals surface area contributed by atoms with Crippen molar-refractivity contribution in [2.45, 2.75) is 37.4 Å². The van der Waals surface area contributed by atoms with Gasteiger partial charge in [-0.2, -0.15) is 0 Å². The number of amides is 1. The summed E-state index contributed by atoms with van der Waals surface area (Å²) in [7, 11) is -0.786. The summed E-state index contributed by atoms with van der Waals surface area (Å²) in [6.07, 6.45) is 6.43. The molecule has 5 atom stereocenters. The first-order valence-corrected chi connectivity index (χ1v) is 14.0. The number of hydrogen-bond acceptors (Lipinski definition) is 7. The van der Waals surface area contributed by atoms with E-state index < -0.39 is 62.7 Å². The number of aliphatic hydroxyl groups is 3. The van der Waals surface area contributed by atoms with Crippen molar-refractivity contribution in [2.75, 3.05) is 24.5 Å². The van der Waals surface area contributed by atoms with Gasteiger partial charge in [0.2, 0.25) is 5.91 Å². The standard InChI is InChI=1S/C24H31NO7S/c1-33(2,3)7-6-11-4-5-15(26)18-14(11)9-12-8-13-10-16(27)19(23(25)31)22(30)24(13,32)21(29)17(12)20(18)28/h4-5,12-13,16,19,26-27,29,32H,6-10H2,1-3H3,(H2,25,31)/t12-,13+,16?,19?,24+/m1/s1. The van der Waals surface area contributed by atoms with Crippen LogP contribution >= 0.6 is 10.0 Å². The first-order chi connectivity index (χ1) is 15.3. The van der Waals surface area contributed by atoms with Crippen LogP contribution in [0, 0.1) is 17.8 Å². The fraction of sp³-hybridized carbons (Fsp3) is 0.542. The zero-order chi connectivity index (χ0) is 24.5. The summed E-state index contributed by atoms with van der Waals surface area (Å²) in [6.45, 7) is 0. The molecule has 1 saturated carbocycles. The van der Waals surface area contributed by atoms with E-state index in [9.17, 15) is 34.8 Å². The van der Waals surface area contributed by atoms with Crippen molar-refractivity contribution >= 4 is 27.5 Å². The summed E-state index contributed by atoms with van der Waals surface area (Å²) in [5, 5.41) is 43.2. The second-order valence-corrected chi connectivity index (χ2v) is 15.0. The van der Waals surface area contributed by atoms with Crippen LogP contribution in [0.25, 0.3) is 0 Å². The number of Topliss-reactive ketones (excluding diaryl/α,β-unsaturated/α-hetero) is 2. The van der Waals surface area contributed by atoms with Crippen LogP contribution in [0.5, 0.6) is 5.75 Å². The lowest BCUT2D eigenvalue weighted by molar-refractivity contribution is -0.167. The highest BCUT2D eigenvalue weighted by molar-refractivity contribution is 8.32. The maximum atomic E-state index is 13.5. The molecule has 0 radical (unpaired) electrons. The van der Waals surface area contributed by atoms with E-state index >= 15 is 0 Å². The van der Waals surface area contributed by atoms with Gasteiger partial charge in [0.15, 0.2) is 17.2 Å². The van der Waals surface area contributed by atoms with Gasteiger partial charge in [-0.1, -0.05) is 6.07 Å². The second kappa shape index (κ2) is 7.85. The molecule has 1 aromatic rings. The van der Waals surface area contributed by atoms with Crippen LogP contribution in [0.3, 0.4) is 0 Å². The molecule has 0 aromatic heterocycles. The van der Waals surface area contributed by atoms with E-state index in [-0.39, 0.29) is 29.7 Å². The van der Waals surface area contributed by atoms with Gasteiger partial charge in [0.05, 0.1) is 11.7 Å². The first-order valence-electron chi connectivity index (χ1n) is 11.0. The smallest absolute Gasteiger partial charge is 0.230 e. The quantitative estimate of drug-likeness (QED) is 0.404. The molecule has 8 nitrogen and oxygen atoms in total. The Morgan fingerprint density at radius 1 is 1.18 bits per heavy atom. The number of carbonyl (C=O) groups excluding carboxylic acids is 3. The van der Waals surface area contributed by atoms with Crippen molar-refractivity contribution in [1.82, 2.24) is 0 Å². The van der Waals surface area contributed by atoms with Gasteiger partial charge in [-0.05, 0) is 73.3 Å².